The standard InChI is InChI=1S/C25H29N5O4/c1-16-5-2-3-7-19(16)21(13-23(32)33)29-25(34)20-14-27-30(22(20)15-31)12-10-18-9-8-17-6-4-11-26-24(17)28-18/h2-3,5,7-9,14,21,31H,4,6,10-13,15H2,1H3,(H,26,28)(H,29,34)(H,32,33)/t21-/m0/s1. The van der Waals surface area contributed by atoms with E-state index in [1.165, 1.54) is 11.8 Å². The van der Waals surface area contributed by atoms with Crippen molar-refractivity contribution in [2.24, 2.45) is 0 Å². The predicted molar refractivity (Wildman–Crippen MR) is 127 cm³/mol. The Bertz CT molecular complexity index is 1190. The molecule has 1 amide bonds. The van der Waals surface area contributed by atoms with Gasteiger partial charge in [-0.15, -0.1) is 0 Å². The lowest BCUT2D eigenvalue weighted by Gasteiger charge is -2.19. The predicted octanol–water partition coefficient (Wildman–Crippen LogP) is 2.63. The van der Waals surface area contributed by atoms with Crippen LogP contribution in [-0.2, 0) is 30.8 Å². The molecule has 0 spiro atoms. The second kappa shape index (κ2) is 10.5. The van der Waals surface area contributed by atoms with Crippen LogP contribution in [0, 0.1) is 6.92 Å². The van der Waals surface area contributed by atoms with Crippen LogP contribution in [0.1, 0.15) is 57.3 Å². The number of carboxylic acids is 1. The maximum absolute atomic E-state index is 13.1. The van der Waals surface area contributed by atoms with Gasteiger partial charge in [-0.3, -0.25) is 14.3 Å². The van der Waals surface area contributed by atoms with E-state index in [2.05, 4.69) is 26.8 Å². The van der Waals surface area contributed by atoms with Gasteiger partial charge in [0.15, 0.2) is 0 Å². The van der Waals surface area contributed by atoms with Crippen molar-refractivity contribution in [2.45, 2.75) is 51.8 Å². The van der Waals surface area contributed by atoms with Gasteiger partial charge < -0.3 is 20.8 Å². The largest absolute Gasteiger partial charge is 0.481 e. The zero-order valence-electron chi connectivity index (χ0n) is 19.1. The van der Waals surface area contributed by atoms with E-state index in [4.69, 9.17) is 0 Å². The van der Waals surface area contributed by atoms with Crippen molar-refractivity contribution in [3.05, 3.63) is 76.2 Å². The number of rotatable bonds is 9. The van der Waals surface area contributed by atoms with Crippen LogP contribution < -0.4 is 10.6 Å². The SMILES string of the molecule is Cc1ccccc1[C@H](CC(=O)O)NC(=O)c1cnn(CCc2ccc3c(n2)NCCC3)c1CO. The van der Waals surface area contributed by atoms with E-state index in [0.717, 1.165) is 42.0 Å². The first-order chi connectivity index (χ1) is 16.5. The van der Waals surface area contributed by atoms with E-state index in [-0.39, 0.29) is 18.6 Å². The van der Waals surface area contributed by atoms with E-state index in [9.17, 15) is 19.8 Å². The Morgan fingerprint density at radius 3 is 2.82 bits per heavy atom. The van der Waals surface area contributed by atoms with Crippen LogP contribution >= 0.6 is 0 Å². The minimum absolute atomic E-state index is 0.228. The van der Waals surface area contributed by atoms with Gasteiger partial charge in [0.1, 0.15) is 5.82 Å². The number of carbonyl (C=O) groups is 2. The number of carbonyl (C=O) groups excluding carboxylic acids is 1. The Morgan fingerprint density at radius 1 is 1.24 bits per heavy atom. The zero-order chi connectivity index (χ0) is 24.1. The van der Waals surface area contributed by atoms with E-state index in [1.54, 1.807) is 10.7 Å². The van der Waals surface area contributed by atoms with Crippen molar-refractivity contribution < 1.29 is 19.8 Å². The summed E-state index contributed by atoms with van der Waals surface area (Å²) in [5, 5.41) is 29.8. The number of anilines is 1. The lowest BCUT2D eigenvalue weighted by molar-refractivity contribution is -0.137. The molecule has 9 heteroatoms. The van der Waals surface area contributed by atoms with Gasteiger partial charge in [0.2, 0.25) is 0 Å². The van der Waals surface area contributed by atoms with E-state index in [0.29, 0.717) is 18.7 Å². The molecule has 4 N–H and O–H groups in total. The number of aryl methyl sites for hydroxylation is 4. The van der Waals surface area contributed by atoms with Crippen LogP contribution in [0.25, 0.3) is 0 Å². The second-order valence-electron chi connectivity index (χ2n) is 8.46. The molecule has 9 nitrogen and oxygen atoms in total. The molecule has 2 aromatic heterocycles. The number of hydrogen-bond acceptors (Lipinski definition) is 6. The summed E-state index contributed by atoms with van der Waals surface area (Å²) in [7, 11) is 0. The first-order valence-corrected chi connectivity index (χ1v) is 11.4. The Balaban J connectivity index is 1.49. The summed E-state index contributed by atoms with van der Waals surface area (Å²) in [6, 6.07) is 10.7. The number of amides is 1. The Morgan fingerprint density at radius 2 is 2.06 bits per heavy atom. The minimum Gasteiger partial charge on any atom is -0.481 e. The van der Waals surface area contributed by atoms with Gasteiger partial charge in [0, 0.05) is 25.2 Å². The Hall–Kier alpha value is -3.72. The number of pyridine rings is 1. The first kappa shape index (κ1) is 23.4. The highest BCUT2D eigenvalue weighted by atomic mass is 16.4. The molecular weight excluding hydrogens is 434 g/mol. The molecule has 3 heterocycles. The Labute approximate surface area is 197 Å². The highest BCUT2D eigenvalue weighted by Crippen LogP contribution is 2.23. The minimum atomic E-state index is -1.02. The maximum atomic E-state index is 13.1. The number of aliphatic carboxylic acids is 1. The van der Waals surface area contributed by atoms with Crippen LogP contribution in [0.15, 0.2) is 42.6 Å². The van der Waals surface area contributed by atoms with Gasteiger partial charge >= 0.3 is 5.97 Å². The molecule has 1 atom stereocenters. The molecular formula is C25H29N5O4. The van der Waals surface area contributed by atoms with Crippen LogP contribution in [0.5, 0.6) is 0 Å². The summed E-state index contributed by atoms with van der Waals surface area (Å²) in [5.41, 5.74) is 4.36. The summed E-state index contributed by atoms with van der Waals surface area (Å²) in [4.78, 5) is 29.2. The fourth-order valence-corrected chi connectivity index (χ4v) is 4.32. The molecule has 1 aliphatic heterocycles. The van der Waals surface area contributed by atoms with Gasteiger partial charge in [-0.25, -0.2) is 4.98 Å². The van der Waals surface area contributed by atoms with Crippen molar-refractivity contribution >= 4 is 17.7 Å². The van der Waals surface area contributed by atoms with Crippen LogP contribution in [0.2, 0.25) is 0 Å². The fourth-order valence-electron chi connectivity index (χ4n) is 4.32. The second-order valence-corrected chi connectivity index (χ2v) is 8.46. The van der Waals surface area contributed by atoms with Gasteiger partial charge in [-0.05, 0) is 42.5 Å². The normalized spacial score (nSPS) is 13.6. The van der Waals surface area contributed by atoms with Crippen molar-refractivity contribution in [1.82, 2.24) is 20.1 Å². The number of carboxylic acid groups (broad SMARTS) is 1. The molecule has 0 saturated carbocycles. The molecule has 4 rings (SSSR count). The van der Waals surface area contributed by atoms with Crippen LogP contribution in [-0.4, -0.2) is 43.4 Å². The summed E-state index contributed by atoms with van der Waals surface area (Å²) in [6.45, 7) is 2.88. The smallest absolute Gasteiger partial charge is 0.305 e. The van der Waals surface area contributed by atoms with E-state index < -0.39 is 17.9 Å². The van der Waals surface area contributed by atoms with E-state index >= 15 is 0 Å². The summed E-state index contributed by atoms with van der Waals surface area (Å²) < 4.78 is 1.60. The molecule has 0 unspecified atom stereocenters. The average molecular weight is 464 g/mol. The van der Waals surface area contributed by atoms with Crippen LogP contribution in [0.3, 0.4) is 0 Å². The summed E-state index contributed by atoms with van der Waals surface area (Å²) in [6.07, 6.45) is 3.88. The summed E-state index contributed by atoms with van der Waals surface area (Å²) >= 11 is 0. The van der Waals surface area contributed by atoms with Gasteiger partial charge in [0.25, 0.3) is 5.91 Å². The van der Waals surface area contributed by atoms with Gasteiger partial charge in [0.05, 0.1) is 36.5 Å². The van der Waals surface area contributed by atoms with Crippen molar-refractivity contribution in [2.75, 3.05) is 11.9 Å². The van der Waals surface area contributed by atoms with E-state index in [1.807, 2.05) is 31.2 Å². The van der Waals surface area contributed by atoms with Crippen LogP contribution in [0.4, 0.5) is 5.82 Å². The third-order valence-corrected chi connectivity index (χ3v) is 6.12. The van der Waals surface area contributed by atoms with Gasteiger partial charge in [-0.1, -0.05) is 30.3 Å². The highest BCUT2D eigenvalue weighted by Gasteiger charge is 2.23. The molecule has 3 aromatic rings. The number of benzene rings is 1. The number of aromatic nitrogens is 3. The van der Waals surface area contributed by atoms with Crippen molar-refractivity contribution in [1.29, 1.82) is 0 Å². The quantitative estimate of drug-likeness (QED) is 0.384. The lowest BCUT2D eigenvalue weighted by Crippen LogP contribution is -2.31. The topological polar surface area (TPSA) is 129 Å². The number of fused-ring (bicyclic) bond motifs is 1. The molecule has 0 radical (unpaired) electrons. The molecule has 1 aliphatic rings. The molecule has 178 valence electrons. The maximum Gasteiger partial charge on any atom is 0.305 e. The molecule has 0 fully saturated rings. The number of nitrogens with one attached hydrogen (secondary N) is 2. The van der Waals surface area contributed by atoms with Crippen molar-refractivity contribution in [3.63, 3.8) is 0 Å². The first-order valence-electron chi connectivity index (χ1n) is 11.4. The third-order valence-electron chi connectivity index (χ3n) is 6.12. The molecule has 0 bridgehead atoms. The Kier molecular flexibility index (Phi) is 7.22. The molecule has 0 aliphatic carbocycles. The average Bonchev–Trinajstić information content (AvgIpc) is 3.25. The summed E-state index contributed by atoms with van der Waals surface area (Å²) in [5.74, 6) is -0.563. The molecule has 34 heavy (non-hydrogen) atoms. The fraction of sp³-hybridized carbons (Fsp3) is 0.360. The molecule has 0 saturated heterocycles. The number of aliphatic hydroxyl groups excluding tert-OH is 1. The van der Waals surface area contributed by atoms with Crippen molar-refractivity contribution in [3.8, 4) is 0 Å². The molecule has 1 aromatic carbocycles. The number of aliphatic hydroxyl groups is 1. The number of nitrogens with zero attached hydrogens (tertiary/aromatic N) is 3. The highest BCUT2D eigenvalue weighted by molar-refractivity contribution is 5.95. The number of hydrogen-bond donors (Lipinski definition) is 4. The third kappa shape index (κ3) is 5.26. The monoisotopic (exact) mass is 463 g/mol. The zero-order valence-corrected chi connectivity index (χ0v) is 19.1. The van der Waals surface area contributed by atoms with Gasteiger partial charge in [-0.2, -0.15) is 5.10 Å². The lowest BCUT2D eigenvalue weighted by atomic mass is 9.98.